The van der Waals surface area contributed by atoms with Crippen molar-refractivity contribution in [3.05, 3.63) is 34.6 Å². The van der Waals surface area contributed by atoms with Gasteiger partial charge in [0.2, 0.25) is 0 Å². The van der Waals surface area contributed by atoms with Gasteiger partial charge in [0, 0.05) is 18.8 Å². The fourth-order valence-corrected chi connectivity index (χ4v) is 1.39. The first-order valence-corrected chi connectivity index (χ1v) is 5.05. The molecular weight excluding hydrogens is 206 g/mol. The van der Waals surface area contributed by atoms with Crippen LogP contribution in [0.15, 0.2) is 23.3 Å². The summed E-state index contributed by atoms with van der Waals surface area (Å²) in [4.78, 5) is 18.0. The summed E-state index contributed by atoms with van der Waals surface area (Å²) >= 11 is 0. The van der Waals surface area contributed by atoms with Crippen LogP contribution in [0, 0.1) is 6.92 Å². The summed E-state index contributed by atoms with van der Waals surface area (Å²) in [5, 5.41) is 7.14. The molecular formula is C10H13N5O. The van der Waals surface area contributed by atoms with E-state index in [2.05, 4.69) is 20.4 Å². The lowest BCUT2D eigenvalue weighted by molar-refractivity contribution is 0.660. The van der Waals surface area contributed by atoms with Gasteiger partial charge >= 0.3 is 0 Å². The van der Waals surface area contributed by atoms with E-state index in [4.69, 9.17) is 0 Å². The molecule has 0 aliphatic carbocycles. The maximum atomic E-state index is 11.2. The summed E-state index contributed by atoms with van der Waals surface area (Å²) < 4.78 is 1.79. The van der Waals surface area contributed by atoms with Crippen molar-refractivity contribution in [1.82, 2.24) is 19.7 Å². The summed E-state index contributed by atoms with van der Waals surface area (Å²) in [5.74, 6) is 1.11. The molecule has 0 amide bonds. The first kappa shape index (κ1) is 10.4. The topological polar surface area (TPSA) is 75.6 Å². The molecule has 2 N–H and O–H groups in total. The fraction of sp³-hybridized carbons (Fsp3) is 0.300. The average molecular weight is 219 g/mol. The van der Waals surface area contributed by atoms with Crippen LogP contribution in [0.3, 0.4) is 0 Å². The van der Waals surface area contributed by atoms with E-state index in [1.165, 1.54) is 6.07 Å². The molecule has 0 fully saturated rings. The lowest BCUT2D eigenvalue weighted by Gasteiger charge is -2.02. The lowest BCUT2D eigenvalue weighted by Crippen LogP contribution is -2.09. The normalized spacial score (nSPS) is 10.4. The molecule has 6 heteroatoms. The Morgan fingerprint density at radius 3 is 3.00 bits per heavy atom. The number of hydrogen-bond acceptors (Lipinski definition) is 4. The molecule has 16 heavy (non-hydrogen) atoms. The molecule has 0 radical (unpaired) electrons. The summed E-state index contributed by atoms with van der Waals surface area (Å²) in [6, 6.07) is 1.41. The van der Waals surface area contributed by atoms with E-state index in [1.54, 1.807) is 17.8 Å². The highest BCUT2D eigenvalue weighted by molar-refractivity contribution is 5.53. The Morgan fingerprint density at radius 2 is 2.38 bits per heavy atom. The minimum atomic E-state index is -0.169. The molecule has 2 rings (SSSR count). The second-order valence-corrected chi connectivity index (χ2v) is 3.43. The molecule has 84 valence electrons. The van der Waals surface area contributed by atoms with Crippen molar-refractivity contribution in [2.45, 2.75) is 20.4 Å². The molecule has 0 bridgehead atoms. The zero-order chi connectivity index (χ0) is 11.5. The molecule has 0 aliphatic rings. The maximum absolute atomic E-state index is 11.2. The summed E-state index contributed by atoms with van der Waals surface area (Å²) in [6.45, 7) is 4.55. The van der Waals surface area contributed by atoms with Crippen LogP contribution in [0.5, 0.6) is 0 Å². The summed E-state index contributed by atoms with van der Waals surface area (Å²) in [7, 11) is 0. The Bertz CT molecular complexity index is 542. The van der Waals surface area contributed by atoms with Gasteiger partial charge in [-0.05, 0) is 13.8 Å². The zero-order valence-electron chi connectivity index (χ0n) is 9.19. The molecule has 2 aromatic rings. The van der Waals surface area contributed by atoms with Crippen LogP contribution in [0.25, 0.3) is 0 Å². The molecule has 6 nitrogen and oxygen atoms in total. The average Bonchev–Trinajstić information content (AvgIpc) is 2.64. The van der Waals surface area contributed by atoms with Crippen molar-refractivity contribution in [2.75, 3.05) is 5.32 Å². The number of H-pyrrole nitrogens is 1. The number of aromatic amines is 1. The van der Waals surface area contributed by atoms with Crippen molar-refractivity contribution in [2.24, 2.45) is 0 Å². The first-order chi connectivity index (χ1) is 7.67. The van der Waals surface area contributed by atoms with Crippen LogP contribution in [-0.4, -0.2) is 19.7 Å². The van der Waals surface area contributed by atoms with Crippen LogP contribution in [0.1, 0.15) is 12.7 Å². The predicted molar refractivity (Wildman–Crippen MR) is 60.8 cm³/mol. The van der Waals surface area contributed by atoms with E-state index in [0.717, 1.165) is 12.2 Å². The molecule has 0 saturated heterocycles. The standard InChI is InChI=1S/C10H13N5O/c1-3-15-6-8(5-11-15)14-9-4-10(16)13-7(2)12-9/h4-6H,3H2,1-2H3,(H2,12,13,14,16). The molecule has 0 saturated carbocycles. The number of aromatic nitrogens is 4. The SMILES string of the molecule is CCn1cc(Nc2cc(=O)[nH]c(C)n2)cn1. The molecule has 2 heterocycles. The summed E-state index contributed by atoms with van der Waals surface area (Å²) in [5.41, 5.74) is 0.650. The number of anilines is 2. The fourth-order valence-electron chi connectivity index (χ4n) is 1.39. The van der Waals surface area contributed by atoms with Crippen molar-refractivity contribution >= 4 is 11.5 Å². The van der Waals surface area contributed by atoms with Gasteiger partial charge in [0.1, 0.15) is 11.6 Å². The Hall–Kier alpha value is -2.11. The van der Waals surface area contributed by atoms with Gasteiger partial charge in [-0.25, -0.2) is 4.98 Å². The smallest absolute Gasteiger partial charge is 0.252 e. The molecule has 2 aromatic heterocycles. The highest BCUT2D eigenvalue weighted by Crippen LogP contribution is 2.11. The van der Waals surface area contributed by atoms with Gasteiger partial charge in [0.25, 0.3) is 5.56 Å². The van der Waals surface area contributed by atoms with Gasteiger partial charge < -0.3 is 10.3 Å². The van der Waals surface area contributed by atoms with E-state index in [1.807, 2.05) is 13.1 Å². The molecule has 0 unspecified atom stereocenters. The third-order valence-electron chi connectivity index (χ3n) is 2.09. The second-order valence-electron chi connectivity index (χ2n) is 3.43. The number of nitrogens with zero attached hydrogens (tertiary/aromatic N) is 3. The Morgan fingerprint density at radius 1 is 1.56 bits per heavy atom. The zero-order valence-corrected chi connectivity index (χ0v) is 9.19. The van der Waals surface area contributed by atoms with Crippen LogP contribution >= 0.6 is 0 Å². The number of nitrogens with one attached hydrogen (secondary N) is 2. The highest BCUT2D eigenvalue weighted by atomic mass is 16.1. The van der Waals surface area contributed by atoms with E-state index < -0.39 is 0 Å². The Kier molecular flexibility index (Phi) is 2.72. The second kappa shape index (κ2) is 4.18. The van der Waals surface area contributed by atoms with Crippen molar-refractivity contribution in [1.29, 1.82) is 0 Å². The maximum Gasteiger partial charge on any atom is 0.252 e. The van der Waals surface area contributed by atoms with Gasteiger partial charge in [-0.1, -0.05) is 0 Å². The van der Waals surface area contributed by atoms with Crippen LogP contribution in [0.2, 0.25) is 0 Å². The Balaban J connectivity index is 2.23. The van der Waals surface area contributed by atoms with Gasteiger partial charge in [-0.2, -0.15) is 5.10 Å². The lowest BCUT2D eigenvalue weighted by atomic mass is 10.5. The van der Waals surface area contributed by atoms with E-state index >= 15 is 0 Å². The minimum absolute atomic E-state index is 0.169. The number of hydrogen-bond donors (Lipinski definition) is 2. The van der Waals surface area contributed by atoms with Gasteiger partial charge in [-0.3, -0.25) is 9.48 Å². The van der Waals surface area contributed by atoms with Crippen molar-refractivity contribution < 1.29 is 0 Å². The highest BCUT2D eigenvalue weighted by Gasteiger charge is 2.00. The van der Waals surface area contributed by atoms with Crippen LogP contribution < -0.4 is 10.9 Å². The summed E-state index contributed by atoms with van der Waals surface area (Å²) in [6.07, 6.45) is 3.56. The van der Waals surface area contributed by atoms with Gasteiger partial charge in [0.15, 0.2) is 0 Å². The first-order valence-electron chi connectivity index (χ1n) is 5.05. The van der Waals surface area contributed by atoms with Crippen molar-refractivity contribution in [3.8, 4) is 0 Å². The van der Waals surface area contributed by atoms with Crippen LogP contribution in [-0.2, 0) is 6.54 Å². The third-order valence-corrected chi connectivity index (χ3v) is 2.09. The third kappa shape index (κ3) is 2.28. The minimum Gasteiger partial charge on any atom is -0.337 e. The molecule has 0 spiro atoms. The van der Waals surface area contributed by atoms with E-state index in [-0.39, 0.29) is 5.56 Å². The molecule has 0 aromatic carbocycles. The Labute approximate surface area is 92.3 Å². The number of rotatable bonds is 3. The van der Waals surface area contributed by atoms with Gasteiger partial charge in [-0.15, -0.1) is 0 Å². The van der Waals surface area contributed by atoms with E-state index in [0.29, 0.717) is 11.6 Å². The largest absolute Gasteiger partial charge is 0.337 e. The molecule has 0 aliphatic heterocycles. The van der Waals surface area contributed by atoms with Crippen molar-refractivity contribution in [3.63, 3.8) is 0 Å². The monoisotopic (exact) mass is 219 g/mol. The predicted octanol–water partition coefficient (Wildman–Crippen LogP) is 1.04. The number of aryl methyl sites for hydroxylation is 2. The quantitative estimate of drug-likeness (QED) is 0.808. The van der Waals surface area contributed by atoms with Gasteiger partial charge in [0.05, 0.1) is 11.9 Å². The molecule has 0 atom stereocenters. The van der Waals surface area contributed by atoms with Crippen LogP contribution in [0.4, 0.5) is 11.5 Å². The van der Waals surface area contributed by atoms with E-state index in [9.17, 15) is 4.79 Å².